The first-order valence-corrected chi connectivity index (χ1v) is 8.32. The molecule has 24 heavy (non-hydrogen) atoms. The second-order valence-corrected chi connectivity index (χ2v) is 6.73. The van der Waals surface area contributed by atoms with Crippen molar-refractivity contribution in [1.29, 1.82) is 0 Å². The molecular formula is C18H22Cl2N4. The molecule has 0 atom stereocenters. The molecule has 0 heterocycles. The third-order valence-corrected chi connectivity index (χ3v) is 3.96. The minimum absolute atomic E-state index is 0.519. The Morgan fingerprint density at radius 3 is 2.08 bits per heavy atom. The average Bonchev–Trinajstić information content (AvgIpc) is 2.52. The van der Waals surface area contributed by atoms with E-state index < -0.39 is 0 Å². The summed E-state index contributed by atoms with van der Waals surface area (Å²) in [5, 5.41) is 4.38. The Bertz CT molecular complexity index is 686. The number of nitrogens with zero attached hydrogens (tertiary/aromatic N) is 3. The summed E-state index contributed by atoms with van der Waals surface area (Å²) >= 11 is 12.6. The highest BCUT2D eigenvalue weighted by molar-refractivity contribution is 6.39. The van der Waals surface area contributed by atoms with E-state index in [2.05, 4.69) is 39.5 Å². The lowest BCUT2D eigenvalue weighted by Gasteiger charge is -2.13. The third-order valence-electron chi connectivity index (χ3n) is 3.38. The van der Waals surface area contributed by atoms with Gasteiger partial charge in [-0.3, -0.25) is 0 Å². The van der Waals surface area contributed by atoms with Crippen LogP contribution in [0.3, 0.4) is 0 Å². The van der Waals surface area contributed by atoms with E-state index in [-0.39, 0.29) is 0 Å². The predicted octanol–water partition coefficient (Wildman–Crippen LogP) is 4.89. The topological polar surface area (TPSA) is 30.9 Å². The highest BCUT2D eigenvalue weighted by atomic mass is 35.5. The zero-order valence-corrected chi connectivity index (χ0v) is 15.9. The molecule has 2 rings (SSSR count). The van der Waals surface area contributed by atoms with Crippen molar-refractivity contribution in [3.63, 3.8) is 0 Å². The van der Waals surface area contributed by atoms with E-state index in [4.69, 9.17) is 23.2 Å². The van der Waals surface area contributed by atoms with Gasteiger partial charge in [-0.05, 0) is 29.8 Å². The summed E-state index contributed by atoms with van der Waals surface area (Å²) in [5.41, 5.74) is 3.80. The van der Waals surface area contributed by atoms with Crippen LogP contribution in [-0.2, 0) is 6.54 Å². The Morgan fingerprint density at radius 1 is 1.00 bits per heavy atom. The molecule has 0 saturated carbocycles. The zero-order chi connectivity index (χ0) is 17.7. The molecule has 2 aromatic carbocycles. The maximum absolute atomic E-state index is 6.29. The van der Waals surface area contributed by atoms with Crippen LogP contribution < -0.4 is 10.2 Å². The highest BCUT2D eigenvalue weighted by Crippen LogP contribution is 2.36. The largest absolute Gasteiger partial charge is 0.381 e. The zero-order valence-electron chi connectivity index (χ0n) is 14.3. The summed E-state index contributed by atoms with van der Waals surface area (Å²) in [6.07, 6.45) is 1.67. The molecule has 6 heteroatoms. The van der Waals surface area contributed by atoms with Gasteiger partial charge in [0.1, 0.15) is 5.69 Å². The summed E-state index contributed by atoms with van der Waals surface area (Å²) in [4.78, 5) is 8.20. The highest BCUT2D eigenvalue weighted by Gasteiger charge is 2.07. The quantitative estimate of drug-likeness (QED) is 0.584. The van der Waals surface area contributed by atoms with E-state index in [9.17, 15) is 0 Å². The second kappa shape index (κ2) is 8.27. The van der Waals surface area contributed by atoms with Gasteiger partial charge in [0.25, 0.3) is 0 Å². The van der Waals surface area contributed by atoms with Crippen molar-refractivity contribution < 1.29 is 0 Å². The molecule has 0 aromatic heterocycles. The van der Waals surface area contributed by atoms with Gasteiger partial charge in [0, 0.05) is 46.1 Å². The predicted molar refractivity (Wildman–Crippen MR) is 106 cm³/mol. The standard InChI is InChI=1S/C18H22Cl2N4/c1-23(2)12-22-18-16(19)9-14(10-17(18)20)21-11-13-5-7-15(8-6-13)24(3)4/h5-10,12,21H,11H2,1-4H3. The van der Waals surface area contributed by atoms with Crippen LogP contribution in [0.25, 0.3) is 0 Å². The Balaban J connectivity index is 2.08. The monoisotopic (exact) mass is 364 g/mol. The van der Waals surface area contributed by atoms with Crippen molar-refractivity contribution in [3.8, 4) is 0 Å². The summed E-state index contributed by atoms with van der Waals surface area (Å²) < 4.78 is 0. The Hall–Kier alpha value is -1.91. The molecule has 0 radical (unpaired) electrons. The van der Waals surface area contributed by atoms with Gasteiger partial charge in [-0.1, -0.05) is 35.3 Å². The molecule has 4 nitrogen and oxygen atoms in total. The lowest BCUT2D eigenvalue weighted by Crippen LogP contribution is -2.08. The minimum Gasteiger partial charge on any atom is -0.381 e. The number of halogens is 2. The molecular weight excluding hydrogens is 343 g/mol. The molecule has 0 aliphatic heterocycles. The molecule has 2 aromatic rings. The van der Waals surface area contributed by atoms with Gasteiger partial charge in [0.15, 0.2) is 0 Å². The van der Waals surface area contributed by atoms with Gasteiger partial charge >= 0.3 is 0 Å². The molecule has 0 bridgehead atoms. The maximum Gasteiger partial charge on any atom is 0.102 e. The van der Waals surface area contributed by atoms with E-state index >= 15 is 0 Å². The van der Waals surface area contributed by atoms with Crippen LogP contribution in [0, 0.1) is 0 Å². The van der Waals surface area contributed by atoms with Crippen molar-refractivity contribution >= 4 is 46.6 Å². The number of anilines is 2. The van der Waals surface area contributed by atoms with Crippen LogP contribution in [0.4, 0.5) is 17.1 Å². The summed E-state index contributed by atoms with van der Waals surface area (Å²) in [6.45, 7) is 0.695. The molecule has 0 fully saturated rings. The van der Waals surface area contributed by atoms with Crippen LogP contribution in [0.1, 0.15) is 5.56 Å². The first-order valence-electron chi connectivity index (χ1n) is 7.56. The first-order chi connectivity index (χ1) is 11.4. The summed E-state index contributed by atoms with van der Waals surface area (Å²) in [6, 6.07) is 12.1. The Kier molecular flexibility index (Phi) is 6.35. The van der Waals surface area contributed by atoms with Crippen molar-refractivity contribution in [3.05, 3.63) is 52.0 Å². The van der Waals surface area contributed by atoms with Gasteiger partial charge in [0.05, 0.1) is 16.4 Å². The number of benzene rings is 2. The van der Waals surface area contributed by atoms with Crippen LogP contribution >= 0.6 is 23.2 Å². The van der Waals surface area contributed by atoms with Crippen LogP contribution in [0.15, 0.2) is 41.4 Å². The van der Waals surface area contributed by atoms with Gasteiger partial charge in [-0.15, -0.1) is 0 Å². The van der Waals surface area contributed by atoms with E-state index in [1.54, 1.807) is 6.34 Å². The molecule has 128 valence electrons. The third kappa shape index (κ3) is 5.05. The second-order valence-electron chi connectivity index (χ2n) is 5.91. The van der Waals surface area contributed by atoms with Gasteiger partial charge in [0.2, 0.25) is 0 Å². The van der Waals surface area contributed by atoms with Crippen LogP contribution in [-0.4, -0.2) is 39.4 Å². The number of rotatable bonds is 6. The van der Waals surface area contributed by atoms with Crippen molar-refractivity contribution in [2.45, 2.75) is 6.54 Å². The van der Waals surface area contributed by atoms with Crippen molar-refractivity contribution in [1.82, 2.24) is 4.90 Å². The molecule has 0 amide bonds. The molecule has 0 aliphatic rings. The number of hydrogen-bond acceptors (Lipinski definition) is 3. The van der Waals surface area contributed by atoms with Gasteiger partial charge < -0.3 is 15.1 Å². The average molecular weight is 365 g/mol. The number of nitrogens with one attached hydrogen (secondary N) is 1. The Labute approximate surface area is 153 Å². The van der Waals surface area contributed by atoms with E-state index in [0.717, 1.165) is 5.69 Å². The van der Waals surface area contributed by atoms with Crippen LogP contribution in [0.2, 0.25) is 10.0 Å². The summed E-state index contributed by atoms with van der Waals surface area (Å²) in [7, 11) is 7.83. The summed E-state index contributed by atoms with van der Waals surface area (Å²) in [5.74, 6) is 0. The fourth-order valence-electron chi connectivity index (χ4n) is 2.08. The molecule has 1 N–H and O–H groups in total. The van der Waals surface area contributed by atoms with Crippen LogP contribution in [0.5, 0.6) is 0 Å². The van der Waals surface area contributed by atoms with Crippen molar-refractivity contribution in [2.75, 3.05) is 38.4 Å². The van der Waals surface area contributed by atoms with Crippen molar-refractivity contribution in [2.24, 2.45) is 4.99 Å². The molecule has 0 unspecified atom stereocenters. The normalized spacial score (nSPS) is 10.9. The number of hydrogen-bond donors (Lipinski definition) is 1. The van der Waals surface area contributed by atoms with E-state index in [1.807, 2.05) is 45.2 Å². The first kappa shape index (κ1) is 18.4. The Morgan fingerprint density at radius 2 is 1.58 bits per heavy atom. The van der Waals surface area contributed by atoms with E-state index in [0.29, 0.717) is 22.3 Å². The molecule has 0 spiro atoms. The lowest BCUT2D eigenvalue weighted by molar-refractivity contribution is 0.643. The SMILES string of the molecule is CN(C)C=Nc1c(Cl)cc(NCc2ccc(N(C)C)cc2)cc1Cl. The van der Waals surface area contributed by atoms with Gasteiger partial charge in [-0.25, -0.2) is 4.99 Å². The molecule has 0 saturated heterocycles. The smallest absolute Gasteiger partial charge is 0.102 e. The fourth-order valence-corrected chi connectivity index (χ4v) is 2.66. The van der Waals surface area contributed by atoms with Gasteiger partial charge in [-0.2, -0.15) is 0 Å². The maximum atomic E-state index is 6.29. The lowest BCUT2D eigenvalue weighted by atomic mass is 10.2. The minimum atomic E-state index is 0.519. The molecule has 0 aliphatic carbocycles. The van der Waals surface area contributed by atoms with E-state index in [1.165, 1.54) is 11.3 Å². The number of aliphatic imine (C=N–C) groups is 1. The fraction of sp³-hybridized carbons (Fsp3) is 0.278.